The Morgan fingerprint density at radius 1 is 1.22 bits per heavy atom. The Morgan fingerprint density at radius 3 is 2.72 bits per heavy atom. The highest BCUT2D eigenvalue weighted by atomic mass is 16.5. The molecule has 3 amide bonds. The summed E-state index contributed by atoms with van der Waals surface area (Å²) in [6, 6.07) is -0.510. The Morgan fingerprint density at radius 2 is 2.00 bits per heavy atom. The molecular weight excluding hydrogens is 244 g/mol. The normalized spacial score (nSPS) is 15.9. The highest BCUT2D eigenvalue weighted by Crippen LogP contribution is 1.99. The number of ether oxygens (including phenoxy) is 2. The predicted octanol–water partition coefficient (Wildman–Crippen LogP) is -0.954. The summed E-state index contributed by atoms with van der Waals surface area (Å²) in [6.45, 7) is 0.961. The van der Waals surface area contributed by atoms with E-state index in [4.69, 9.17) is 9.84 Å². The first-order chi connectivity index (χ1) is 8.59. The molecule has 0 aromatic rings. The lowest BCUT2D eigenvalue weighted by Crippen LogP contribution is -2.45. The summed E-state index contributed by atoms with van der Waals surface area (Å²) in [6.07, 6.45) is 0.719. The van der Waals surface area contributed by atoms with E-state index < -0.39 is 31.1 Å². The molecule has 1 aliphatic heterocycles. The molecule has 2 N–H and O–H groups in total. The molecule has 102 valence electrons. The molecule has 8 heteroatoms. The van der Waals surface area contributed by atoms with Gasteiger partial charge in [0, 0.05) is 19.7 Å². The molecule has 0 aliphatic carbocycles. The van der Waals surface area contributed by atoms with Crippen molar-refractivity contribution in [3.8, 4) is 0 Å². The molecule has 18 heavy (non-hydrogen) atoms. The van der Waals surface area contributed by atoms with Gasteiger partial charge in [-0.2, -0.15) is 0 Å². The molecule has 0 saturated carbocycles. The number of carbonyl (C=O) groups is 3. The first-order valence-electron chi connectivity index (χ1n) is 5.55. The third-order valence-corrected chi connectivity index (χ3v) is 2.21. The smallest absolute Gasteiger partial charge is 0.329 e. The Balaban J connectivity index is 2.25. The van der Waals surface area contributed by atoms with Crippen molar-refractivity contribution in [2.24, 2.45) is 0 Å². The van der Waals surface area contributed by atoms with Crippen LogP contribution in [-0.4, -0.2) is 67.4 Å². The summed E-state index contributed by atoms with van der Waals surface area (Å²) in [4.78, 5) is 34.5. The lowest BCUT2D eigenvalue weighted by atomic mass is 10.4. The average Bonchev–Trinajstić information content (AvgIpc) is 2.56. The lowest BCUT2D eigenvalue weighted by Gasteiger charge is -2.19. The topological polar surface area (TPSA) is 105 Å². The summed E-state index contributed by atoms with van der Waals surface area (Å²) in [7, 11) is 0. The van der Waals surface area contributed by atoms with Crippen molar-refractivity contribution in [1.82, 2.24) is 10.2 Å². The van der Waals surface area contributed by atoms with E-state index in [9.17, 15) is 14.4 Å². The Kier molecular flexibility index (Phi) is 6.09. The number of rotatable bonds is 4. The van der Waals surface area contributed by atoms with Crippen molar-refractivity contribution >= 4 is 17.9 Å². The van der Waals surface area contributed by atoms with Gasteiger partial charge in [-0.25, -0.2) is 9.59 Å². The zero-order valence-electron chi connectivity index (χ0n) is 9.89. The first-order valence-corrected chi connectivity index (χ1v) is 5.55. The number of aliphatic carboxylic acids is 1. The summed E-state index contributed by atoms with van der Waals surface area (Å²) < 4.78 is 9.74. The molecule has 0 atom stereocenters. The minimum atomic E-state index is -1.17. The SMILES string of the molecule is O=C(O)COCC(=O)NC(=O)N1CCCOCC1. The third kappa shape index (κ3) is 5.60. The maximum absolute atomic E-state index is 11.6. The van der Waals surface area contributed by atoms with Crippen LogP contribution in [0.15, 0.2) is 0 Å². The van der Waals surface area contributed by atoms with Crippen molar-refractivity contribution in [1.29, 1.82) is 0 Å². The molecule has 1 saturated heterocycles. The van der Waals surface area contributed by atoms with E-state index in [0.717, 1.165) is 6.42 Å². The van der Waals surface area contributed by atoms with Crippen LogP contribution >= 0.6 is 0 Å². The molecule has 0 aromatic heterocycles. The van der Waals surface area contributed by atoms with E-state index in [1.807, 2.05) is 0 Å². The van der Waals surface area contributed by atoms with Crippen LogP contribution in [-0.2, 0) is 19.1 Å². The van der Waals surface area contributed by atoms with Crippen LogP contribution < -0.4 is 5.32 Å². The van der Waals surface area contributed by atoms with Crippen LogP contribution in [0.2, 0.25) is 0 Å². The van der Waals surface area contributed by atoms with Crippen molar-refractivity contribution in [2.75, 3.05) is 39.5 Å². The number of hydrogen-bond donors (Lipinski definition) is 2. The van der Waals surface area contributed by atoms with E-state index in [-0.39, 0.29) is 0 Å². The van der Waals surface area contributed by atoms with E-state index in [2.05, 4.69) is 10.1 Å². The van der Waals surface area contributed by atoms with Gasteiger partial charge in [0.2, 0.25) is 0 Å². The molecule has 0 spiro atoms. The molecule has 0 radical (unpaired) electrons. The first kappa shape index (κ1) is 14.4. The van der Waals surface area contributed by atoms with Gasteiger partial charge >= 0.3 is 12.0 Å². The highest BCUT2D eigenvalue weighted by molar-refractivity contribution is 5.95. The van der Waals surface area contributed by atoms with Crippen LogP contribution in [0.25, 0.3) is 0 Å². The maximum Gasteiger partial charge on any atom is 0.329 e. The number of carboxylic acid groups (broad SMARTS) is 1. The van der Waals surface area contributed by atoms with Gasteiger partial charge in [0.1, 0.15) is 13.2 Å². The highest BCUT2D eigenvalue weighted by Gasteiger charge is 2.17. The fourth-order valence-electron chi connectivity index (χ4n) is 1.41. The van der Waals surface area contributed by atoms with Crippen molar-refractivity contribution in [3.63, 3.8) is 0 Å². The van der Waals surface area contributed by atoms with Crippen LogP contribution in [0.4, 0.5) is 4.79 Å². The molecule has 1 fully saturated rings. The number of urea groups is 1. The van der Waals surface area contributed by atoms with Gasteiger partial charge in [0.05, 0.1) is 6.61 Å². The summed E-state index contributed by atoms with van der Waals surface area (Å²) >= 11 is 0. The van der Waals surface area contributed by atoms with Gasteiger partial charge in [-0.1, -0.05) is 0 Å². The lowest BCUT2D eigenvalue weighted by molar-refractivity contribution is -0.143. The van der Waals surface area contributed by atoms with Gasteiger partial charge < -0.3 is 19.5 Å². The van der Waals surface area contributed by atoms with Crippen LogP contribution in [0.3, 0.4) is 0 Å². The Labute approximate surface area is 104 Å². The zero-order chi connectivity index (χ0) is 13.4. The van der Waals surface area contributed by atoms with Gasteiger partial charge in [-0.15, -0.1) is 0 Å². The second-order valence-electron chi connectivity index (χ2n) is 3.69. The van der Waals surface area contributed by atoms with Crippen LogP contribution in [0.5, 0.6) is 0 Å². The summed E-state index contributed by atoms with van der Waals surface area (Å²) in [5.74, 6) is -1.83. The summed E-state index contributed by atoms with van der Waals surface area (Å²) in [5, 5.41) is 10.4. The van der Waals surface area contributed by atoms with E-state index >= 15 is 0 Å². The van der Waals surface area contributed by atoms with E-state index in [1.54, 1.807) is 0 Å². The third-order valence-electron chi connectivity index (χ3n) is 2.21. The largest absolute Gasteiger partial charge is 0.480 e. The van der Waals surface area contributed by atoms with Gasteiger partial charge in [-0.05, 0) is 6.42 Å². The molecule has 0 aromatic carbocycles. The molecule has 1 aliphatic rings. The molecule has 0 bridgehead atoms. The second-order valence-corrected chi connectivity index (χ2v) is 3.69. The fraction of sp³-hybridized carbons (Fsp3) is 0.700. The van der Waals surface area contributed by atoms with Gasteiger partial charge in [0.25, 0.3) is 5.91 Å². The fourth-order valence-corrected chi connectivity index (χ4v) is 1.41. The molecule has 8 nitrogen and oxygen atoms in total. The van der Waals surface area contributed by atoms with Crippen molar-refractivity contribution < 1.29 is 29.0 Å². The second kappa shape index (κ2) is 7.62. The number of nitrogens with one attached hydrogen (secondary N) is 1. The average molecular weight is 260 g/mol. The maximum atomic E-state index is 11.6. The minimum Gasteiger partial charge on any atom is -0.480 e. The Hall–Kier alpha value is -1.67. The van der Waals surface area contributed by atoms with Gasteiger partial charge in [-0.3, -0.25) is 10.1 Å². The zero-order valence-corrected chi connectivity index (χ0v) is 9.89. The molecular formula is C10H16N2O6. The number of carboxylic acids is 1. The quantitative estimate of drug-likeness (QED) is 0.675. The monoisotopic (exact) mass is 260 g/mol. The van der Waals surface area contributed by atoms with Gasteiger partial charge in [0.15, 0.2) is 0 Å². The van der Waals surface area contributed by atoms with E-state index in [0.29, 0.717) is 26.3 Å². The number of nitrogens with zero attached hydrogens (tertiary/aromatic N) is 1. The standard InChI is InChI=1S/C10H16N2O6/c13-8(6-18-7-9(14)15)11-10(16)12-2-1-4-17-5-3-12/h1-7H2,(H,14,15)(H,11,13,16). The number of amides is 3. The molecule has 0 unspecified atom stereocenters. The molecule has 1 heterocycles. The number of imide groups is 1. The van der Waals surface area contributed by atoms with Crippen LogP contribution in [0.1, 0.15) is 6.42 Å². The van der Waals surface area contributed by atoms with Crippen molar-refractivity contribution in [2.45, 2.75) is 6.42 Å². The van der Waals surface area contributed by atoms with Crippen molar-refractivity contribution in [3.05, 3.63) is 0 Å². The van der Waals surface area contributed by atoms with Crippen LogP contribution in [0, 0.1) is 0 Å². The minimum absolute atomic E-state index is 0.426. The number of carbonyl (C=O) groups excluding carboxylic acids is 2. The summed E-state index contributed by atoms with van der Waals surface area (Å²) in [5.41, 5.74) is 0. The molecule has 1 rings (SSSR count). The number of hydrogen-bond acceptors (Lipinski definition) is 5. The van der Waals surface area contributed by atoms with E-state index in [1.165, 1.54) is 4.90 Å². The Bertz CT molecular complexity index is 311. The predicted molar refractivity (Wildman–Crippen MR) is 59.0 cm³/mol.